The Morgan fingerprint density at radius 3 is 2.47 bits per heavy atom. The van der Waals surface area contributed by atoms with Gasteiger partial charge in [-0.05, 0) is 42.2 Å². The third-order valence-corrected chi connectivity index (χ3v) is 6.48. The first-order chi connectivity index (χ1) is 15.5. The molecule has 4 rings (SSSR count). The Labute approximate surface area is 195 Å². The van der Waals surface area contributed by atoms with E-state index in [1.54, 1.807) is 7.05 Å². The fourth-order valence-corrected chi connectivity index (χ4v) is 4.67. The van der Waals surface area contributed by atoms with Crippen LogP contribution in [0, 0.1) is 6.92 Å². The lowest BCUT2D eigenvalue weighted by atomic mass is 10.0. The molecule has 1 atom stereocenters. The molecule has 1 aliphatic rings. The molecule has 5 heteroatoms. The molecular formula is C27H30ClN3O. The van der Waals surface area contributed by atoms with Crippen LogP contribution in [0.2, 0.25) is 5.02 Å². The minimum absolute atomic E-state index is 0.00460. The van der Waals surface area contributed by atoms with E-state index < -0.39 is 0 Å². The van der Waals surface area contributed by atoms with E-state index in [9.17, 15) is 4.79 Å². The number of amides is 2. The largest absolute Gasteiger partial charge is 0.341 e. The number of nitrogens with zero attached hydrogens (tertiary/aromatic N) is 2. The lowest BCUT2D eigenvalue weighted by Crippen LogP contribution is -2.57. The molecule has 3 aromatic rings. The molecule has 4 nitrogen and oxygen atoms in total. The molecule has 0 saturated carbocycles. The van der Waals surface area contributed by atoms with Gasteiger partial charge in [0.05, 0.1) is 6.04 Å². The number of urea groups is 1. The Morgan fingerprint density at radius 2 is 1.75 bits per heavy atom. The van der Waals surface area contributed by atoms with Crippen molar-refractivity contribution < 1.29 is 4.79 Å². The molecule has 32 heavy (non-hydrogen) atoms. The van der Waals surface area contributed by atoms with Crippen molar-refractivity contribution in [2.45, 2.75) is 25.9 Å². The number of hydrogen-bond acceptors (Lipinski definition) is 2. The summed E-state index contributed by atoms with van der Waals surface area (Å²) in [6.45, 7) is 5.40. The molecule has 1 aliphatic heterocycles. The Kier molecular flexibility index (Phi) is 7.13. The van der Waals surface area contributed by atoms with E-state index in [4.69, 9.17) is 11.6 Å². The van der Waals surface area contributed by atoms with E-state index in [0.29, 0.717) is 0 Å². The van der Waals surface area contributed by atoms with Crippen molar-refractivity contribution in [3.05, 3.63) is 94.5 Å². The Balaban J connectivity index is 1.45. The van der Waals surface area contributed by atoms with Gasteiger partial charge in [0.1, 0.15) is 0 Å². The highest BCUT2D eigenvalue weighted by molar-refractivity contribution is 6.33. The van der Waals surface area contributed by atoms with Gasteiger partial charge in [-0.2, -0.15) is 0 Å². The summed E-state index contributed by atoms with van der Waals surface area (Å²) in [6, 6.07) is 25.4. The zero-order valence-electron chi connectivity index (χ0n) is 18.7. The van der Waals surface area contributed by atoms with E-state index in [0.717, 1.165) is 48.7 Å². The maximum Gasteiger partial charge on any atom is 0.317 e. The average Bonchev–Trinajstić information content (AvgIpc) is 2.82. The van der Waals surface area contributed by atoms with Crippen LogP contribution in [-0.4, -0.2) is 48.6 Å². The lowest BCUT2D eigenvalue weighted by molar-refractivity contribution is 0.0906. The molecule has 0 radical (unpaired) electrons. The maximum atomic E-state index is 12.4. The fraction of sp³-hybridized carbons (Fsp3) is 0.296. The van der Waals surface area contributed by atoms with Crippen LogP contribution in [0.15, 0.2) is 72.8 Å². The fourth-order valence-electron chi connectivity index (χ4n) is 4.44. The first-order valence-electron chi connectivity index (χ1n) is 11.1. The smallest absolute Gasteiger partial charge is 0.317 e. The minimum atomic E-state index is 0.00460. The predicted molar refractivity (Wildman–Crippen MR) is 132 cm³/mol. The second-order valence-electron chi connectivity index (χ2n) is 8.51. The Bertz CT molecular complexity index is 1050. The molecule has 0 spiro atoms. The number of carbonyl (C=O) groups excluding carboxylic acids is 1. The van der Waals surface area contributed by atoms with Gasteiger partial charge in [0.15, 0.2) is 0 Å². The summed E-state index contributed by atoms with van der Waals surface area (Å²) in [5, 5.41) is 3.58. The zero-order valence-corrected chi connectivity index (χ0v) is 19.5. The number of nitrogens with one attached hydrogen (secondary N) is 1. The topological polar surface area (TPSA) is 35.6 Å². The molecule has 1 N–H and O–H groups in total. The number of carbonyl (C=O) groups is 1. The van der Waals surface area contributed by atoms with Gasteiger partial charge < -0.3 is 10.2 Å². The summed E-state index contributed by atoms with van der Waals surface area (Å²) in [7, 11) is 1.70. The molecule has 0 aromatic heterocycles. The van der Waals surface area contributed by atoms with Gasteiger partial charge in [-0.25, -0.2) is 4.79 Å². The number of aryl methyl sites for hydroxylation is 1. The van der Waals surface area contributed by atoms with Crippen LogP contribution in [0.1, 0.15) is 16.7 Å². The molecule has 3 aromatic carbocycles. The number of benzene rings is 3. The van der Waals surface area contributed by atoms with Gasteiger partial charge in [0, 0.05) is 43.8 Å². The average molecular weight is 448 g/mol. The van der Waals surface area contributed by atoms with E-state index in [1.807, 2.05) is 23.1 Å². The van der Waals surface area contributed by atoms with E-state index in [2.05, 4.69) is 71.7 Å². The monoisotopic (exact) mass is 447 g/mol. The van der Waals surface area contributed by atoms with Crippen LogP contribution >= 0.6 is 11.6 Å². The van der Waals surface area contributed by atoms with Gasteiger partial charge in [-0.15, -0.1) is 0 Å². The van der Waals surface area contributed by atoms with Crippen LogP contribution in [0.3, 0.4) is 0 Å². The first kappa shape index (κ1) is 22.4. The Morgan fingerprint density at radius 1 is 1.00 bits per heavy atom. The van der Waals surface area contributed by atoms with Crippen LogP contribution in [-0.2, 0) is 13.0 Å². The van der Waals surface area contributed by atoms with Gasteiger partial charge in [0.25, 0.3) is 0 Å². The van der Waals surface area contributed by atoms with Crippen LogP contribution < -0.4 is 5.32 Å². The van der Waals surface area contributed by atoms with E-state index in [-0.39, 0.29) is 12.1 Å². The van der Waals surface area contributed by atoms with Gasteiger partial charge in [-0.1, -0.05) is 77.8 Å². The first-order valence-corrected chi connectivity index (χ1v) is 11.5. The highest BCUT2D eigenvalue weighted by atomic mass is 35.5. The zero-order chi connectivity index (χ0) is 22.5. The number of piperazine rings is 1. The number of hydrogen-bond donors (Lipinski definition) is 1. The van der Waals surface area contributed by atoms with Crippen molar-refractivity contribution in [1.29, 1.82) is 0 Å². The third-order valence-electron chi connectivity index (χ3n) is 6.15. The van der Waals surface area contributed by atoms with Crippen molar-refractivity contribution in [3.63, 3.8) is 0 Å². The minimum Gasteiger partial charge on any atom is -0.341 e. The lowest BCUT2D eigenvalue weighted by Gasteiger charge is -2.41. The highest BCUT2D eigenvalue weighted by Crippen LogP contribution is 2.29. The molecule has 166 valence electrons. The quantitative estimate of drug-likeness (QED) is 0.569. The van der Waals surface area contributed by atoms with Crippen molar-refractivity contribution in [2.24, 2.45) is 0 Å². The van der Waals surface area contributed by atoms with Crippen molar-refractivity contribution in [3.8, 4) is 11.1 Å². The predicted octanol–water partition coefficient (Wildman–Crippen LogP) is 5.38. The summed E-state index contributed by atoms with van der Waals surface area (Å²) < 4.78 is 0. The summed E-state index contributed by atoms with van der Waals surface area (Å²) in [5.74, 6) is 0. The summed E-state index contributed by atoms with van der Waals surface area (Å²) >= 11 is 6.41. The molecule has 0 aliphatic carbocycles. The molecule has 0 bridgehead atoms. The van der Waals surface area contributed by atoms with Crippen LogP contribution in [0.5, 0.6) is 0 Å². The van der Waals surface area contributed by atoms with E-state index >= 15 is 0 Å². The van der Waals surface area contributed by atoms with Gasteiger partial charge in [-0.3, -0.25) is 4.90 Å². The summed E-state index contributed by atoms with van der Waals surface area (Å²) in [6.07, 6.45) is 0.857. The summed E-state index contributed by atoms with van der Waals surface area (Å²) in [5.41, 5.74) is 5.93. The Hall–Kier alpha value is -2.82. The normalized spacial score (nSPS) is 16.7. The second-order valence-corrected chi connectivity index (χ2v) is 8.91. The van der Waals surface area contributed by atoms with E-state index in [1.165, 1.54) is 16.7 Å². The van der Waals surface area contributed by atoms with Crippen molar-refractivity contribution >= 4 is 17.6 Å². The van der Waals surface area contributed by atoms with Crippen molar-refractivity contribution in [1.82, 2.24) is 15.1 Å². The third kappa shape index (κ3) is 5.32. The molecule has 1 fully saturated rings. The molecule has 2 amide bonds. The van der Waals surface area contributed by atoms with Crippen LogP contribution in [0.25, 0.3) is 11.1 Å². The maximum absolute atomic E-state index is 12.4. The summed E-state index contributed by atoms with van der Waals surface area (Å²) in [4.78, 5) is 16.9. The van der Waals surface area contributed by atoms with Gasteiger partial charge >= 0.3 is 6.03 Å². The standard InChI is InChI=1S/C27H30ClN3O/c1-20-8-13-26(28)25(16-20)23-11-9-22(10-12-23)18-30-14-15-31(27(32)29-2)24(19-30)17-21-6-4-3-5-7-21/h3-13,16,24H,14-15,17-19H2,1-2H3,(H,29,32). The second kappa shape index (κ2) is 10.2. The molecule has 1 heterocycles. The van der Waals surface area contributed by atoms with Crippen LogP contribution in [0.4, 0.5) is 4.79 Å². The molecular weight excluding hydrogens is 418 g/mol. The SMILES string of the molecule is CNC(=O)N1CCN(Cc2ccc(-c3cc(C)ccc3Cl)cc2)CC1Cc1ccccc1. The molecule has 1 unspecified atom stereocenters. The molecule has 1 saturated heterocycles. The number of halogens is 1. The highest BCUT2D eigenvalue weighted by Gasteiger charge is 2.30. The van der Waals surface area contributed by atoms with Crippen molar-refractivity contribution in [2.75, 3.05) is 26.7 Å². The number of rotatable bonds is 5. The van der Waals surface area contributed by atoms with Gasteiger partial charge in [0.2, 0.25) is 0 Å².